The maximum Gasteiger partial charge on any atom is 0.243 e. The minimum atomic E-state index is -0.000646. The molecule has 6 nitrogen and oxygen atoms in total. The molecule has 3 atom stereocenters. The second-order valence-corrected chi connectivity index (χ2v) is 8.93. The van der Waals surface area contributed by atoms with Crippen LogP contribution in [0, 0.1) is 11.3 Å². The van der Waals surface area contributed by atoms with Crippen molar-refractivity contribution in [1.29, 1.82) is 0 Å². The summed E-state index contributed by atoms with van der Waals surface area (Å²) in [6.45, 7) is 6.27. The van der Waals surface area contributed by atoms with Gasteiger partial charge < -0.3 is 20.3 Å². The number of hydrogen-bond donors (Lipinski definition) is 2. The standard InChI is InChI=1S/C19H30N4O2S/c1-19(2)16(14-8-10-25-17(14)19)22-18(21-12-15(24)23(3)4)20-9-7-13-6-5-11-26-13/h5-6,11,14,16-17H,7-10,12H2,1-4H3,(H2,20,21,22). The maximum absolute atomic E-state index is 11.9. The maximum atomic E-state index is 11.9. The minimum absolute atomic E-state index is 0.000646. The molecule has 3 rings (SSSR count). The molecule has 1 amide bonds. The fraction of sp³-hybridized carbons (Fsp3) is 0.684. The molecule has 3 unspecified atom stereocenters. The monoisotopic (exact) mass is 378 g/mol. The summed E-state index contributed by atoms with van der Waals surface area (Å²) in [7, 11) is 3.51. The largest absolute Gasteiger partial charge is 0.377 e. The van der Waals surface area contributed by atoms with E-state index in [0.717, 1.165) is 32.0 Å². The van der Waals surface area contributed by atoms with E-state index in [4.69, 9.17) is 4.74 Å². The summed E-state index contributed by atoms with van der Waals surface area (Å²) in [5.74, 6) is 1.25. The Morgan fingerprint density at radius 1 is 1.46 bits per heavy atom. The van der Waals surface area contributed by atoms with Crippen LogP contribution in [-0.4, -0.2) is 62.7 Å². The van der Waals surface area contributed by atoms with E-state index in [-0.39, 0.29) is 17.9 Å². The Morgan fingerprint density at radius 3 is 2.96 bits per heavy atom. The van der Waals surface area contributed by atoms with Crippen molar-refractivity contribution in [3.63, 3.8) is 0 Å². The zero-order valence-corrected chi connectivity index (χ0v) is 16.9. The van der Waals surface area contributed by atoms with Crippen LogP contribution in [0.4, 0.5) is 0 Å². The molecule has 144 valence electrons. The van der Waals surface area contributed by atoms with Crippen LogP contribution >= 0.6 is 11.3 Å². The molecule has 0 bridgehead atoms. The van der Waals surface area contributed by atoms with Gasteiger partial charge in [-0.2, -0.15) is 0 Å². The lowest BCUT2D eigenvalue weighted by atomic mass is 9.57. The lowest BCUT2D eigenvalue weighted by molar-refractivity contribution is -0.127. The Hall–Kier alpha value is -1.60. The highest BCUT2D eigenvalue weighted by molar-refractivity contribution is 7.09. The van der Waals surface area contributed by atoms with Crippen molar-refractivity contribution >= 4 is 23.2 Å². The molecule has 1 saturated heterocycles. The van der Waals surface area contributed by atoms with Gasteiger partial charge in [-0.1, -0.05) is 19.9 Å². The van der Waals surface area contributed by atoms with Gasteiger partial charge in [-0.3, -0.25) is 4.79 Å². The highest BCUT2D eigenvalue weighted by Crippen LogP contribution is 2.52. The van der Waals surface area contributed by atoms with Crippen molar-refractivity contribution in [3.05, 3.63) is 22.4 Å². The lowest BCUT2D eigenvalue weighted by Crippen LogP contribution is -2.68. The molecule has 1 aromatic heterocycles. The van der Waals surface area contributed by atoms with E-state index >= 15 is 0 Å². The third-order valence-corrected chi connectivity index (χ3v) is 6.44. The Balaban J connectivity index is 1.62. The molecule has 2 aliphatic rings. The molecule has 26 heavy (non-hydrogen) atoms. The number of rotatable bonds is 6. The Kier molecular flexibility index (Phi) is 5.87. The minimum Gasteiger partial charge on any atom is -0.377 e. The van der Waals surface area contributed by atoms with Crippen molar-refractivity contribution < 1.29 is 9.53 Å². The van der Waals surface area contributed by atoms with Crippen LogP contribution in [0.3, 0.4) is 0 Å². The number of hydrogen-bond acceptors (Lipinski definition) is 4. The van der Waals surface area contributed by atoms with Gasteiger partial charge in [0, 0.05) is 49.5 Å². The molecule has 0 radical (unpaired) electrons. The fourth-order valence-electron chi connectivity index (χ4n) is 3.96. The average Bonchev–Trinajstić information content (AvgIpc) is 3.26. The second-order valence-electron chi connectivity index (χ2n) is 7.90. The summed E-state index contributed by atoms with van der Waals surface area (Å²) in [5, 5.41) is 9.08. The van der Waals surface area contributed by atoms with Crippen molar-refractivity contribution in [2.75, 3.05) is 33.8 Å². The van der Waals surface area contributed by atoms with Crippen molar-refractivity contribution in [2.24, 2.45) is 16.3 Å². The molecule has 1 aromatic rings. The first-order chi connectivity index (χ1) is 12.4. The van der Waals surface area contributed by atoms with E-state index in [2.05, 4.69) is 47.0 Å². The average molecular weight is 379 g/mol. The summed E-state index contributed by atoms with van der Waals surface area (Å²) >= 11 is 1.76. The van der Waals surface area contributed by atoms with Crippen LogP contribution in [0.25, 0.3) is 0 Å². The quantitative estimate of drug-likeness (QED) is 0.584. The SMILES string of the molecule is CN(C)C(=O)CN=C(NCCc1cccs1)NC1C2CCOC2C1(C)C. The van der Waals surface area contributed by atoms with Gasteiger partial charge in [0.05, 0.1) is 6.10 Å². The molecular weight excluding hydrogens is 348 g/mol. The number of carbonyl (C=O) groups excluding carboxylic acids is 1. The van der Waals surface area contributed by atoms with Gasteiger partial charge in [0.2, 0.25) is 5.91 Å². The highest BCUT2D eigenvalue weighted by Gasteiger charge is 2.59. The molecule has 1 aliphatic carbocycles. The van der Waals surface area contributed by atoms with E-state index in [1.807, 2.05) is 0 Å². The zero-order valence-electron chi connectivity index (χ0n) is 16.1. The number of ether oxygens (including phenoxy) is 1. The summed E-state index contributed by atoms with van der Waals surface area (Å²) in [4.78, 5) is 19.4. The van der Waals surface area contributed by atoms with Gasteiger partial charge >= 0.3 is 0 Å². The topological polar surface area (TPSA) is 66.0 Å². The molecule has 2 N–H and O–H groups in total. The Labute approximate surface area is 160 Å². The van der Waals surface area contributed by atoms with Gasteiger partial charge in [0.1, 0.15) is 6.54 Å². The number of aliphatic imine (C=N–C) groups is 1. The fourth-order valence-corrected chi connectivity index (χ4v) is 4.67. The van der Waals surface area contributed by atoms with Crippen LogP contribution in [0.5, 0.6) is 0 Å². The predicted octanol–water partition coefficient (Wildman–Crippen LogP) is 1.73. The van der Waals surface area contributed by atoms with E-state index in [1.165, 1.54) is 4.88 Å². The van der Waals surface area contributed by atoms with Gasteiger partial charge in [0.15, 0.2) is 5.96 Å². The number of amides is 1. The van der Waals surface area contributed by atoms with E-state index < -0.39 is 0 Å². The summed E-state index contributed by atoms with van der Waals surface area (Å²) in [6, 6.07) is 4.53. The van der Waals surface area contributed by atoms with Crippen LogP contribution < -0.4 is 10.6 Å². The Morgan fingerprint density at radius 2 is 2.27 bits per heavy atom. The third kappa shape index (κ3) is 4.04. The normalized spacial score (nSPS) is 26.8. The smallest absolute Gasteiger partial charge is 0.243 e. The number of nitrogens with zero attached hydrogens (tertiary/aromatic N) is 2. The third-order valence-electron chi connectivity index (χ3n) is 5.51. The first-order valence-corrected chi connectivity index (χ1v) is 10.2. The molecule has 2 heterocycles. The predicted molar refractivity (Wildman–Crippen MR) is 106 cm³/mol. The zero-order chi connectivity index (χ0) is 18.7. The van der Waals surface area contributed by atoms with E-state index in [1.54, 1.807) is 30.3 Å². The number of nitrogens with one attached hydrogen (secondary N) is 2. The molecule has 7 heteroatoms. The number of fused-ring (bicyclic) bond motifs is 1. The first kappa shape index (κ1) is 19.2. The van der Waals surface area contributed by atoms with Gasteiger partial charge in [0.25, 0.3) is 0 Å². The number of carbonyl (C=O) groups is 1. The molecule has 0 spiro atoms. The van der Waals surface area contributed by atoms with Crippen LogP contribution in [0.15, 0.2) is 22.5 Å². The van der Waals surface area contributed by atoms with Crippen molar-refractivity contribution in [3.8, 4) is 0 Å². The summed E-state index contributed by atoms with van der Waals surface area (Å²) in [5.41, 5.74) is 0.0723. The van der Waals surface area contributed by atoms with Crippen LogP contribution in [0.1, 0.15) is 25.1 Å². The lowest BCUT2D eigenvalue weighted by Gasteiger charge is -2.54. The number of likely N-dealkylation sites (N-methyl/N-ethyl adjacent to an activating group) is 1. The molecular formula is C19H30N4O2S. The number of thiophene rings is 1. The summed E-state index contributed by atoms with van der Waals surface area (Å²) < 4.78 is 5.88. The highest BCUT2D eigenvalue weighted by atomic mass is 32.1. The molecule has 2 fully saturated rings. The van der Waals surface area contributed by atoms with Crippen molar-refractivity contribution in [1.82, 2.24) is 15.5 Å². The number of guanidine groups is 1. The van der Waals surface area contributed by atoms with E-state index in [0.29, 0.717) is 18.1 Å². The second kappa shape index (κ2) is 7.96. The Bertz CT molecular complexity index is 642. The van der Waals surface area contributed by atoms with E-state index in [9.17, 15) is 4.79 Å². The molecule has 0 aromatic carbocycles. The van der Waals surface area contributed by atoms with Crippen LogP contribution in [0.2, 0.25) is 0 Å². The summed E-state index contributed by atoms with van der Waals surface area (Å²) in [6.07, 6.45) is 2.37. The van der Waals surface area contributed by atoms with Gasteiger partial charge in [-0.05, 0) is 24.3 Å². The van der Waals surface area contributed by atoms with Crippen LogP contribution in [-0.2, 0) is 16.0 Å². The van der Waals surface area contributed by atoms with Crippen molar-refractivity contribution in [2.45, 2.75) is 38.8 Å². The molecule has 1 saturated carbocycles. The first-order valence-electron chi connectivity index (χ1n) is 9.28. The van der Waals surface area contributed by atoms with Gasteiger partial charge in [-0.15, -0.1) is 11.3 Å². The van der Waals surface area contributed by atoms with Gasteiger partial charge in [-0.25, -0.2) is 4.99 Å². The molecule has 1 aliphatic heterocycles.